The van der Waals surface area contributed by atoms with Crippen molar-refractivity contribution in [1.29, 1.82) is 0 Å². The van der Waals surface area contributed by atoms with Gasteiger partial charge in [-0.3, -0.25) is 4.72 Å². The number of nitrogens with one attached hydrogen (secondary N) is 1. The van der Waals surface area contributed by atoms with E-state index in [9.17, 15) is 17.2 Å². The van der Waals surface area contributed by atoms with Crippen LogP contribution in [0.3, 0.4) is 0 Å². The molecule has 0 unspecified atom stereocenters. The molecule has 0 fully saturated rings. The summed E-state index contributed by atoms with van der Waals surface area (Å²) in [6.45, 7) is 0. The Bertz CT molecular complexity index is 1320. The number of nitrogen functional groups attached to an aromatic ring is 2. The van der Waals surface area contributed by atoms with E-state index < -0.39 is 32.9 Å². The number of anilines is 3. The second-order valence-electron chi connectivity index (χ2n) is 5.74. The minimum atomic E-state index is -4.33. The first-order valence-electron chi connectivity index (χ1n) is 7.94. The van der Waals surface area contributed by atoms with Gasteiger partial charge in [-0.15, -0.1) is 0 Å². The first-order valence-corrected chi connectivity index (χ1v) is 10.2. The van der Waals surface area contributed by atoms with E-state index in [-0.39, 0.29) is 32.3 Å². The van der Waals surface area contributed by atoms with Crippen molar-refractivity contribution in [1.82, 2.24) is 9.97 Å². The van der Waals surface area contributed by atoms with Gasteiger partial charge in [-0.1, -0.05) is 35.0 Å². The van der Waals surface area contributed by atoms with Gasteiger partial charge in [0.1, 0.15) is 16.5 Å². The van der Waals surface area contributed by atoms with Crippen LogP contribution >= 0.6 is 23.2 Å². The van der Waals surface area contributed by atoms with Gasteiger partial charge in [0, 0.05) is 5.02 Å². The minimum Gasteiger partial charge on any atom is -0.382 e. The molecule has 0 saturated carbocycles. The second kappa shape index (κ2) is 8.31. The molecule has 0 aliphatic heterocycles. The highest BCUT2D eigenvalue weighted by Crippen LogP contribution is 2.29. The first-order chi connectivity index (χ1) is 14.1. The lowest BCUT2D eigenvalue weighted by Crippen LogP contribution is -2.15. The molecule has 0 radical (unpaired) electrons. The zero-order valence-corrected chi connectivity index (χ0v) is 17.1. The van der Waals surface area contributed by atoms with Gasteiger partial charge in [0.25, 0.3) is 10.0 Å². The smallest absolute Gasteiger partial charge is 0.263 e. The van der Waals surface area contributed by atoms with Gasteiger partial charge in [0.05, 0.1) is 28.0 Å². The molecule has 0 saturated heterocycles. The molecule has 5 N–H and O–H groups in total. The molecule has 2 aromatic carbocycles. The molecule has 0 spiro atoms. The van der Waals surface area contributed by atoms with Gasteiger partial charge >= 0.3 is 0 Å². The summed E-state index contributed by atoms with van der Waals surface area (Å²) in [5.74, 6) is 2.26. The quantitative estimate of drug-likeness (QED) is 0.504. The lowest BCUT2D eigenvalue weighted by atomic mass is 10.1. The molecule has 7 nitrogen and oxygen atoms in total. The lowest BCUT2D eigenvalue weighted by molar-refractivity contribution is 0.578. The average Bonchev–Trinajstić information content (AvgIpc) is 2.67. The number of sulfonamides is 1. The lowest BCUT2D eigenvalue weighted by Gasteiger charge is -2.11. The predicted molar refractivity (Wildman–Crippen MR) is 110 cm³/mol. The molecule has 1 aromatic heterocycles. The fraction of sp³-hybridized carbons (Fsp3) is 0. The van der Waals surface area contributed by atoms with Crippen molar-refractivity contribution in [3.63, 3.8) is 0 Å². The van der Waals surface area contributed by atoms with Crippen LogP contribution in [0.1, 0.15) is 11.1 Å². The van der Waals surface area contributed by atoms with E-state index in [0.717, 1.165) is 18.2 Å². The Morgan fingerprint density at radius 3 is 2.50 bits per heavy atom. The minimum absolute atomic E-state index is 0.0803. The molecule has 0 bridgehead atoms. The summed E-state index contributed by atoms with van der Waals surface area (Å²) in [6, 6.07) is 5.52. The summed E-state index contributed by atoms with van der Waals surface area (Å²) in [5, 5.41) is -0.0255. The highest BCUT2D eigenvalue weighted by Gasteiger charge is 2.22. The number of hydrogen-bond acceptors (Lipinski definition) is 6. The summed E-state index contributed by atoms with van der Waals surface area (Å²) in [7, 11) is -4.33. The van der Waals surface area contributed by atoms with Crippen LogP contribution in [0, 0.1) is 23.5 Å². The molecule has 154 valence electrons. The summed E-state index contributed by atoms with van der Waals surface area (Å²) < 4.78 is 56.1. The van der Waals surface area contributed by atoms with E-state index in [1.165, 1.54) is 18.3 Å². The van der Waals surface area contributed by atoms with Crippen molar-refractivity contribution in [2.45, 2.75) is 4.90 Å². The van der Waals surface area contributed by atoms with E-state index in [4.69, 9.17) is 34.7 Å². The Labute approximate surface area is 180 Å². The van der Waals surface area contributed by atoms with Crippen molar-refractivity contribution < 1.29 is 17.2 Å². The Morgan fingerprint density at radius 1 is 1.07 bits per heavy atom. The zero-order chi connectivity index (χ0) is 22.1. The number of aromatic nitrogens is 2. The van der Waals surface area contributed by atoms with Crippen LogP contribution in [-0.2, 0) is 10.0 Å². The highest BCUT2D eigenvalue weighted by atomic mass is 35.5. The van der Waals surface area contributed by atoms with E-state index in [1.807, 2.05) is 4.72 Å². The predicted octanol–water partition coefficient (Wildman–Crippen LogP) is 3.43. The molecule has 3 aromatic rings. The van der Waals surface area contributed by atoms with Crippen LogP contribution < -0.4 is 16.2 Å². The van der Waals surface area contributed by atoms with Gasteiger partial charge < -0.3 is 11.5 Å². The number of benzene rings is 2. The van der Waals surface area contributed by atoms with Crippen molar-refractivity contribution in [2.24, 2.45) is 0 Å². The summed E-state index contributed by atoms with van der Waals surface area (Å²) in [6.07, 6.45) is 1.19. The normalized spacial score (nSPS) is 10.9. The maximum absolute atomic E-state index is 14.8. The van der Waals surface area contributed by atoms with Crippen molar-refractivity contribution in [3.05, 3.63) is 69.3 Å². The number of halogens is 4. The summed E-state index contributed by atoms with van der Waals surface area (Å²) in [5.41, 5.74) is 9.85. The topological polar surface area (TPSA) is 124 Å². The standard InChI is InChI=1S/C18H11Cl2F2N5O2S/c19-10-2-4-12(20)15(7-10)30(28,29)27-14-6-5-13(21)11(16(14)22)3-1-9-8-25-18(24)26-17(9)23/h2,4-8,27H,(H4,23,24,25,26). The van der Waals surface area contributed by atoms with E-state index >= 15 is 0 Å². The molecule has 0 aliphatic rings. The molecular weight excluding hydrogens is 459 g/mol. The van der Waals surface area contributed by atoms with Gasteiger partial charge in [0.15, 0.2) is 5.82 Å². The molecule has 30 heavy (non-hydrogen) atoms. The van der Waals surface area contributed by atoms with E-state index in [1.54, 1.807) is 0 Å². The largest absolute Gasteiger partial charge is 0.382 e. The number of nitrogens with two attached hydrogens (primary N) is 2. The van der Waals surface area contributed by atoms with Crippen molar-refractivity contribution >= 4 is 50.7 Å². The molecule has 0 amide bonds. The van der Waals surface area contributed by atoms with Crippen molar-refractivity contribution in [2.75, 3.05) is 16.2 Å². The maximum Gasteiger partial charge on any atom is 0.263 e. The van der Waals surface area contributed by atoms with Crippen LogP contribution in [0.5, 0.6) is 0 Å². The Hall–Kier alpha value is -3.13. The summed E-state index contributed by atoms with van der Waals surface area (Å²) >= 11 is 11.7. The van der Waals surface area contributed by atoms with Crippen LogP contribution in [-0.4, -0.2) is 18.4 Å². The Kier molecular flexibility index (Phi) is 5.98. The van der Waals surface area contributed by atoms with Crippen molar-refractivity contribution in [3.8, 4) is 11.8 Å². The zero-order valence-electron chi connectivity index (χ0n) is 14.7. The fourth-order valence-electron chi connectivity index (χ4n) is 2.26. The number of nitrogens with zero attached hydrogens (tertiary/aromatic N) is 2. The number of hydrogen-bond donors (Lipinski definition) is 3. The van der Waals surface area contributed by atoms with Crippen LogP contribution in [0.15, 0.2) is 41.4 Å². The SMILES string of the molecule is Nc1ncc(C#Cc2c(F)ccc(NS(=O)(=O)c3cc(Cl)ccc3Cl)c2F)c(N)n1. The van der Waals surface area contributed by atoms with Crippen LogP contribution in [0.4, 0.5) is 26.2 Å². The molecule has 0 aliphatic carbocycles. The molecule has 3 rings (SSSR count). The Balaban J connectivity index is 2.01. The fourth-order valence-corrected chi connectivity index (χ4v) is 4.09. The summed E-state index contributed by atoms with van der Waals surface area (Å²) in [4.78, 5) is 7.00. The third-order valence-corrected chi connectivity index (χ3v) is 5.76. The van der Waals surface area contributed by atoms with Gasteiger partial charge in [0.2, 0.25) is 5.95 Å². The van der Waals surface area contributed by atoms with Crippen LogP contribution in [0.25, 0.3) is 0 Å². The third-order valence-electron chi connectivity index (χ3n) is 3.68. The van der Waals surface area contributed by atoms with Gasteiger partial charge in [-0.05, 0) is 30.3 Å². The Morgan fingerprint density at radius 2 is 1.80 bits per heavy atom. The first kappa shape index (κ1) is 21.6. The molecule has 12 heteroatoms. The van der Waals surface area contributed by atoms with Gasteiger partial charge in [-0.2, -0.15) is 4.98 Å². The maximum atomic E-state index is 14.8. The molecule has 0 atom stereocenters. The second-order valence-corrected chi connectivity index (χ2v) is 8.24. The van der Waals surface area contributed by atoms with E-state index in [2.05, 4.69) is 21.8 Å². The van der Waals surface area contributed by atoms with Crippen LogP contribution in [0.2, 0.25) is 10.0 Å². The number of rotatable bonds is 3. The monoisotopic (exact) mass is 469 g/mol. The third kappa shape index (κ3) is 4.54. The van der Waals surface area contributed by atoms with E-state index in [0.29, 0.717) is 0 Å². The average molecular weight is 470 g/mol. The van der Waals surface area contributed by atoms with Gasteiger partial charge in [-0.25, -0.2) is 22.2 Å². The molecular formula is C18H11Cl2F2N5O2S. The molecule has 1 heterocycles. The highest BCUT2D eigenvalue weighted by molar-refractivity contribution is 7.92.